The summed E-state index contributed by atoms with van der Waals surface area (Å²) >= 11 is 0. The van der Waals surface area contributed by atoms with E-state index in [1.54, 1.807) is 0 Å². The Balaban J connectivity index is -0.000000920. The third kappa shape index (κ3) is 19.2. The van der Waals surface area contributed by atoms with Crippen LogP contribution in [0.5, 0.6) is 0 Å². The van der Waals surface area contributed by atoms with E-state index in [1.165, 1.54) is 33.5 Å². The second-order valence-electron chi connectivity index (χ2n) is 9.46. The maximum absolute atomic E-state index is 7.50. The van der Waals surface area contributed by atoms with Gasteiger partial charge < -0.3 is 6.92 Å². The van der Waals surface area contributed by atoms with Crippen molar-refractivity contribution in [1.29, 1.82) is 0 Å². The summed E-state index contributed by atoms with van der Waals surface area (Å²) in [6.07, 6.45) is 3.44. The molecule has 0 bridgehead atoms. The SMILES string of the molecule is [C-]#[O+].[C-]#[O+].[C-]#[O+].[C-]#[O+].[CH2-]CC(C)(C)C.[V].c1ccc(P(CCP(c2ccccc2)c2ccccc2)c2ccccc2)cc1. The van der Waals surface area contributed by atoms with E-state index < -0.39 is 0 Å². The first-order chi connectivity index (χ1) is 20.5. The van der Waals surface area contributed by atoms with Crippen LogP contribution in [0.4, 0.5) is 0 Å². The van der Waals surface area contributed by atoms with E-state index >= 15 is 0 Å². The third-order valence-electron chi connectivity index (χ3n) is 5.57. The predicted octanol–water partition coefficient (Wildman–Crippen LogP) is 7.36. The van der Waals surface area contributed by atoms with Crippen LogP contribution < -0.4 is 21.2 Å². The van der Waals surface area contributed by atoms with Gasteiger partial charge in [-0.1, -0.05) is 148 Å². The number of rotatable bonds is 7. The summed E-state index contributed by atoms with van der Waals surface area (Å²) in [5.74, 6) is 0. The van der Waals surface area contributed by atoms with Crippen LogP contribution in [0.3, 0.4) is 0 Å². The van der Waals surface area contributed by atoms with E-state index in [2.05, 4.69) is 176 Å². The number of benzene rings is 4. The Bertz CT molecular complexity index is 1070. The first kappa shape index (κ1) is 44.7. The number of hydrogen-bond acceptors (Lipinski definition) is 0. The fraction of sp³-hybridized carbons (Fsp3) is 0.194. The maximum atomic E-state index is 7.50. The van der Waals surface area contributed by atoms with Gasteiger partial charge in [-0.15, -0.1) is 0 Å². The molecule has 0 N–H and O–H groups in total. The molecule has 0 heterocycles. The second kappa shape index (κ2) is 29.4. The fourth-order valence-electron chi connectivity index (χ4n) is 3.45. The molecule has 1 radical (unpaired) electrons. The molecule has 4 nitrogen and oxygen atoms in total. The average molecular weight is 647 g/mol. The number of hydrogen-bond donors (Lipinski definition) is 0. The van der Waals surface area contributed by atoms with Gasteiger partial charge in [-0.05, 0) is 49.4 Å². The van der Waals surface area contributed by atoms with Crippen LogP contribution >= 0.6 is 15.8 Å². The van der Waals surface area contributed by atoms with Crippen molar-refractivity contribution in [3.63, 3.8) is 0 Å². The van der Waals surface area contributed by atoms with E-state index in [0.717, 1.165) is 6.42 Å². The zero-order valence-electron chi connectivity index (χ0n) is 24.9. The van der Waals surface area contributed by atoms with Gasteiger partial charge in [0.05, 0.1) is 0 Å². The van der Waals surface area contributed by atoms with Gasteiger partial charge in [0.15, 0.2) is 0 Å². The quantitative estimate of drug-likeness (QED) is 0.114. The third-order valence-corrected chi connectivity index (χ3v) is 10.9. The topological polar surface area (TPSA) is 79.6 Å². The molecule has 0 saturated heterocycles. The molecular weight excluding hydrogens is 609 g/mol. The molecule has 0 fully saturated rings. The largest absolute Gasteiger partial charge is 0.343 e. The van der Waals surface area contributed by atoms with Crippen molar-refractivity contribution < 1.29 is 37.2 Å². The van der Waals surface area contributed by atoms with Gasteiger partial charge in [-0.2, -0.15) is 6.42 Å². The van der Waals surface area contributed by atoms with Gasteiger partial charge in [0, 0.05) is 18.6 Å². The van der Waals surface area contributed by atoms with Gasteiger partial charge >= 0.3 is 45.2 Å². The molecule has 43 heavy (non-hydrogen) atoms. The standard InChI is InChI=1S/C26H24P2.C6H13.4CO.V/c1-5-13-23(14-6-1)27(24-15-7-2-8-16-24)21-22-28(25-17-9-3-10-18-25)26-19-11-4-12-20-26;1-5-6(2,3)4;4*1-2;/h1-20H,21-22H2;1,5H2,2-4H3;;;;;/q;-1;;;;;. The van der Waals surface area contributed by atoms with Gasteiger partial charge in [0.2, 0.25) is 0 Å². The van der Waals surface area contributed by atoms with Crippen molar-refractivity contribution in [3.05, 3.63) is 155 Å². The summed E-state index contributed by atoms with van der Waals surface area (Å²) < 4.78 is 30.0. The predicted molar refractivity (Wildman–Crippen MR) is 173 cm³/mol. The summed E-state index contributed by atoms with van der Waals surface area (Å²) in [6, 6.07) is 44.2. The Morgan fingerprint density at radius 3 is 0.767 bits per heavy atom. The minimum atomic E-state index is -0.348. The van der Waals surface area contributed by atoms with Crippen molar-refractivity contribution in [2.24, 2.45) is 5.41 Å². The molecule has 0 aliphatic carbocycles. The van der Waals surface area contributed by atoms with Crippen LogP contribution in [-0.2, 0) is 37.2 Å². The summed E-state index contributed by atoms with van der Waals surface area (Å²) in [7, 11) is -0.696. The maximum Gasteiger partial charge on any atom is 0 e. The zero-order valence-corrected chi connectivity index (χ0v) is 28.0. The van der Waals surface area contributed by atoms with Crippen molar-refractivity contribution in [2.75, 3.05) is 12.3 Å². The van der Waals surface area contributed by atoms with Crippen LogP contribution in [-0.4, -0.2) is 12.3 Å². The van der Waals surface area contributed by atoms with Crippen molar-refractivity contribution in [3.8, 4) is 0 Å². The Labute approximate surface area is 273 Å². The summed E-state index contributed by atoms with van der Waals surface area (Å²) in [6.45, 7) is 28.3. The van der Waals surface area contributed by atoms with E-state index in [4.69, 9.17) is 18.6 Å². The van der Waals surface area contributed by atoms with Gasteiger partial charge in [-0.25, -0.2) is 0 Å². The average Bonchev–Trinajstić information content (AvgIpc) is 3.08. The minimum Gasteiger partial charge on any atom is -0.343 e. The smallest absolute Gasteiger partial charge is 0 e. The molecule has 0 atom stereocenters. The molecule has 4 rings (SSSR count). The minimum absolute atomic E-state index is 0. The van der Waals surface area contributed by atoms with E-state index in [-0.39, 0.29) is 34.4 Å². The summed E-state index contributed by atoms with van der Waals surface area (Å²) in [4.78, 5) is 0. The van der Waals surface area contributed by atoms with Crippen LogP contribution in [0.1, 0.15) is 27.2 Å². The fourth-order valence-corrected chi connectivity index (χ4v) is 8.80. The molecule has 221 valence electrons. The van der Waals surface area contributed by atoms with Crippen LogP contribution in [0.25, 0.3) is 0 Å². The molecular formula is C36H37O4P2V-. The van der Waals surface area contributed by atoms with Crippen LogP contribution in [0, 0.1) is 38.9 Å². The first-order valence-corrected chi connectivity index (χ1v) is 15.9. The Kier molecular flexibility index (Phi) is 30.5. The molecule has 0 saturated carbocycles. The molecule has 7 heteroatoms. The van der Waals surface area contributed by atoms with Crippen LogP contribution in [0.2, 0.25) is 0 Å². The zero-order chi connectivity index (χ0) is 32.2. The Morgan fingerprint density at radius 2 is 0.628 bits per heavy atom. The monoisotopic (exact) mass is 646 g/mol. The first-order valence-electron chi connectivity index (χ1n) is 12.8. The van der Waals surface area contributed by atoms with Gasteiger partial charge in [-0.3, -0.25) is 0 Å². The molecule has 0 aliphatic rings. The van der Waals surface area contributed by atoms with Gasteiger partial charge in [0.1, 0.15) is 0 Å². The molecule has 4 aromatic carbocycles. The molecule has 4 aromatic rings. The summed E-state index contributed by atoms with van der Waals surface area (Å²) in [5, 5.41) is 5.89. The summed E-state index contributed by atoms with van der Waals surface area (Å²) in [5.41, 5.74) is 0.431. The van der Waals surface area contributed by atoms with Crippen LogP contribution in [0.15, 0.2) is 121 Å². The molecule has 0 aliphatic heterocycles. The normalized spacial score (nSPS) is 9.07. The van der Waals surface area contributed by atoms with Gasteiger partial charge in [0.25, 0.3) is 0 Å². The Hall–Kier alpha value is -2.72. The molecule has 0 unspecified atom stereocenters. The molecule has 0 spiro atoms. The van der Waals surface area contributed by atoms with E-state index in [0.29, 0.717) is 5.41 Å². The van der Waals surface area contributed by atoms with Crippen molar-refractivity contribution >= 4 is 37.1 Å². The Morgan fingerprint density at radius 1 is 0.465 bits per heavy atom. The second-order valence-corrected chi connectivity index (χ2v) is 14.1. The van der Waals surface area contributed by atoms with Crippen molar-refractivity contribution in [2.45, 2.75) is 27.2 Å². The molecule has 0 aromatic heterocycles. The molecule has 0 amide bonds. The van der Waals surface area contributed by atoms with E-state index in [9.17, 15) is 0 Å². The van der Waals surface area contributed by atoms with E-state index in [1.807, 2.05) is 0 Å². The van der Waals surface area contributed by atoms with Crippen molar-refractivity contribution in [1.82, 2.24) is 0 Å².